The molecule has 0 aromatic rings. The Labute approximate surface area is 92.1 Å². The van der Waals surface area contributed by atoms with E-state index in [9.17, 15) is 31.5 Å². The third kappa shape index (κ3) is 5.84. The van der Waals surface area contributed by atoms with Gasteiger partial charge in [0.15, 0.2) is 5.78 Å². The molecule has 0 aliphatic heterocycles. The smallest absolute Gasteiger partial charge is 0.321 e. The standard InChI is InChI=1S/C7H7ClF5NO2/c8-1-4(15)2-14(3-7(11,12)13)6(16)5(9)10/h5H,1-3H2. The molecule has 0 saturated heterocycles. The van der Waals surface area contributed by atoms with Gasteiger partial charge in [0.2, 0.25) is 0 Å². The molecule has 0 aliphatic rings. The van der Waals surface area contributed by atoms with Crippen LogP contribution in [0.2, 0.25) is 0 Å². The van der Waals surface area contributed by atoms with Crippen molar-refractivity contribution in [2.75, 3.05) is 19.0 Å². The van der Waals surface area contributed by atoms with E-state index in [1.807, 2.05) is 0 Å². The zero-order chi connectivity index (χ0) is 12.9. The molecule has 0 bridgehead atoms. The van der Waals surface area contributed by atoms with E-state index in [2.05, 4.69) is 0 Å². The van der Waals surface area contributed by atoms with Crippen molar-refractivity contribution in [3.63, 3.8) is 0 Å². The van der Waals surface area contributed by atoms with Gasteiger partial charge in [-0.05, 0) is 0 Å². The van der Waals surface area contributed by atoms with Gasteiger partial charge in [-0.3, -0.25) is 9.59 Å². The summed E-state index contributed by atoms with van der Waals surface area (Å²) in [7, 11) is 0. The van der Waals surface area contributed by atoms with Crippen molar-refractivity contribution >= 4 is 23.3 Å². The topological polar surface area (TPSA) is 37.4 Å². The van der Waals surface area contributed by atoms with E-state index in [4.69, 9.17) is 11.6 Å². The van der Waals surface area contributed by atoms with Crippen molar-refractivity contribution in [3.8, 4) is 0 Å². The monoisotopic (exact) mass is 267 g/mol. The maximum Gasteiger partial charge on any atom is 0.406 e. The summed E-state index contributed by atoms with van der Waals surface area (Å²) >= 11 is 5.00. The molecule has 0 radical (unpaired) electrons. The number of hydrogen-bond donors (Lipinski definition) is 0. The highest BCUT2D eigenvalue weighted by Gasteiger charge is 2.36. The lowest BCUT2D eigenvalue weighted by atomic mass is 10.3. The maximum absolute atomic E-state index is 11.9. The second-order valence-corrected chi connectivity index (χ2v) is 3.05. The quantitative estimate of drug-likeness (QED) is 0.558. The normalized spacial score (nSPS) is 11.7. The Morgan fingerprint density at radius 2 is 1.75 bits per heavy atom. The Morgan fingerprint density at radius 1 is 1.25 bits per heavy atom. The van der Waals surface area contributed by atoms with Crippen molar-refractivity contribution in [1.29, 1.82) is 0 Å². The van der Waals surface area contributed by atoms with Crippen LogP contribution in [0.1, 0.15) is 0 Å². The van der Waals surface area contributed by atoms with Crippen LogP contribution in [0, 0.1) is 0 Å². The van der Waals surface area contributed by atoms with Crippen LogP contribution < -0.4 is 0 Å². The van der Waals surface area contributed by atoms with Crippen LogP contribution in [-0.2, 0) is 9.59 Å². The van der Waals surface area contributed by atoms with Gasteiger partial charge < -0.3 is 4.90 Å². The van der Waals surface area contributed by atoms with Gasteiger partial charge in [-0.15, -0.1) is 11.6 Å². The van der Waals surface area contributed by atoms with E-state index in [0.717, 1.165) is 0 Å². The highest BCUT2D eigenvalue weighted by molar-refractivity contribution is 6.28. The Kier molecular flexibility index (Phi) is 5.63. The van der Waals surface area contributed by atoms with Crippen LogP contribution in [0.5, 0.6) is 0 Å². The van der Waals surface area contributed by atoms with Gasteiger partial charge in [-0.1, -0.05) is 0 Å². The minimum atomic E-state index is -4.85. The molecule has 94 valence electrons. The van der Waals surface area contributed by atoms with Crippen LogP contribution in [-0.4, -0.2) is 48.2 Å². The highest BCUT2D eigenvalue weighted by atomic mass is 35.5. The Balaban J connectivity index is 4.64. The van der Waals surface area contributed by atoms with E-state index in [1.165, 1.54) is 0 Å². The summed E-state index contributed by atoms with van der Waals surface area (Å²) in [6.45, 7) is -2.98. The van der Waals surface area contributed by atoms with Crippen LogP contribution >= 0.6 is 11.6 Å². The molecule has 3 nitrogen and oxygen atoms in total. The number of carbonyl (C=O) groups excluding carboxylic acids is 2. The van der Waals surface area contributed by atoms with E-state index in [0.29, 0.717) is 0 Å². The molecule has 0 heterocycles. The van der Waals surface area contributed by atoms with Gasteiger partial charge in [0.1, 0.15) is 6.54 Å². The summed E-state index contributed by atoms with van der Waals surface area (Å²) in [5.74, 6) is -3.64. The van der Waals surface area contributed by atoms with Gasteiger partial charge in [0, 0.05) is 0 Å². The molecule has 0 fully saturated rings. The van der Waals surface area contributed by atoms with E-state index >= 15 is 0 Å². The maximum atomic E-state index is 11.9. The number of amides is 1. The first-order chi connectivity index (χ1) is 7.17. The SMILES string of the molecule is O=C(CCl)CN(CC(F)(F)F)C(=O)C(F)F. The predicted octanol–water partition coefficient (Wildman–Crippen LogP) is 1.45. The number of carbonyl (C=O) groups is 2. The fourth-order valence-corrected chi connectivity index (χ4v) is 0.906. The fraction of sp³-hybridized carbons (Fsp3) is 0.714. The molecular weight excluding hydrogens is 261 g/mol. The van der Waals surface area contributed by atoms with Crippen LogP contribution in [0.15, 0.2) is 0 Å². The van der Waals surface area contributed by atoms with Crippen LogP contribution in [0.25, 0.3) is 0 Å². The molecule has 1 amide bonds. The van der Waals surface area contributed by atoms with E-state index in [-0.39, 0.29) is 4.90 Å². The molecular formula is C7H7ClF5NO2. The zero-order valence-electron chi connectivity index (χ0n) is 7.73. The molecule has 0 aromatic carbocycles. The van der Waals surface area contributed by atoms with Crippen molar-refractivity contribution in [2.24, 2.45) is 0 Å². The molecule has 0 spiro atoms. The summed E-state index contributed by atoms with van der Waals surface area (Å²) in [4.78, 5) is 21.1. The molecule has 0 aromatic heterocycles. The number of ketones is 1. The Hall–Kier alpha value is -0.920. The van der Waals surface area contributed by atoms with Gasteiger partial charge in [-0.25, -0.2) is 0 Å². The lowest BCUT2D eigenvalue weighted by Crippen LogP contribution is -2.44. The lowest BCUT2D eigenvalue weighted by Gasteiger charge is -2.22. The van der Waals surface area contributed by atoms with Gasteiger partial charge in [0.05, 0.1) is 12.4 Å². The molecule has 16 heavy (non-hydrogen) atoms. The molecule has 0 N–H and O–H groups in total. The first-order valence-electron chi connectivity index (χ1n) is 3.88. The second-order valence-electron chi connectivity index (χ2n) is 2.78. The molecule has 0 aliphatic carbocycles. The largest absolute Gasteiger partial charge is 0.406 e. The Morgan fingerprint density at radius 3 is 2.06 bits per heavy atom. The lowest BCUT2D eigenvalue weighted by molar-refractivity contribution is -0.168. The number of alkyl halides is 6. The van der Waals surface area contributed by atoms with Crippen molar-refractivity contribution in [3.05, 3.63) is 0 Å². The third-order valence-electron chi connectivity index (χ3n) is 1.38. The number of halogens is 6. The van der Waals surface area contributed by atoms with Crippen LogP contribution in [0.4, 0.5) is 22.0 Å². The predicted molar refractivity (Wildman–Crippen MR) is 44.4 cm³/mol. The third-order valence-corrected chi connectivity index (χ3v) is 1.68. The molecule has 0 saturated carbocycles. The minimum absolute atomic E-state index is 0.268. The first kappa shape index (κ1) is 15.1. The molecule has 0 rings (SSSR count). The van der Waals surface area contributed by atoms with E-state index < -0.39 is 43.3 Å². The van der Waals surface area contributed by atoms with E-state index in [1.54, 1.807) is 0 Å². The second kappa shape index (κ2) is 5.97. The summed E-state index contributed by atoms with van der Waals surface area (Å²) in [6.07, 6.45) is -8.44. The van der Waals surface area contributed by atoms with Gasteiger partial charge >= 0.3 is 12.6 Å². The summed E-state index contributed by atoms with van der Waals surface area (Å²) in [6, 6.07) is 0. The van der Waals surface area contributed by atoms with Crippen molar-refractivity contribution in [1.82, 2.24) is 4.90 Å². The number of nitrogens with zero attached hydrogens (tertiary/aromatic N) is 1. The highest BCUT2D eigenvalue weighted by Crippen LogP contribution is 2.17. The summed E-state index contributed by atoms with van der Waals surface area (Å²) in [5.41, 5.74) is 0. The summed E-state index contributed by atoms with van der Waals surface area (Å²) < 4.78 is 59.5. The molecule has 0 unspecified atom stereocenters. The average molecular weight is 268 g/mol. The number of hydrogen-bond acceptors (Lipinski definition) is 2. The Bertz CT molecular complexity index is 268. The summed E-state index contributed by atoms with van der Waals surface area (Å²) in [5, 5.41) is 0. The average Bonchev–Trinajstić information content (AvgIpc) is 2.13. The number of Topliss-reactive ketones (excluding diaryl/α,β-unsaturated/α-hetero) is 1. The minimum Gasteiger partial charge on any atom is -0.321 e. The van der Waals surface area contributed by atoms with Crippen molar-refractivity contribution in [2.45, 2.75) is 12.6 Å². The molecule has 9 heteroatoms. The van der Waals surface area contributed by atoms with Gasteiger partial charge in [-0.2, -0.15) is 22.0 Å². The van der Waals surface area contributed by atoms with Gasteiger partial charge in [0.25, 0.3) is 5.91 Å². The number of rotatable bonds is 5. The molecule has 0 atom stereocenters. The zero-order valence-corrected chi connectivity index (χ0v) is 8.49. The first-order valence-corrected chi connectivity index (χ1v) is 4.42. The van der Waals surface area contributed by atoms with Crippen LogP contribution in [0.3, 0.4) is 0 Å². The fourth-order valence-electron chi connectivity index (χ4n) is 0.821. The van der Waals surface area contributed by atoms with Crippen molar-refractivity contribution < 1.29 is 31.5 Å².